The van der Waals surface area contributed by atoms with E-state index in [2.05, 4.69) is 15.6 Å². The Balaban J connectivity index is 1.23. The second-order valence-electron chi connectivity index (χ2n) is 9.28. The molecule has 1 aromatic heterocycles. The highest BCUT2D eigenvalue weighted by Crippen LogP contribution is 2.56. The Bertz CT molecular complexity index is 902. The normalized spacial score (nSPS) is 29.6. The van der Waals surface area contributed by atoms with Crippen LogP contribution in [0.3, 0.4) is 0 Å². The molecule has 0 unspecified atom stereocenters. The molecule has 158 valence electrons. The maximum atomic E-state index is 12.7. The number of alkyl halides is 3. The lowest BCUT2D eigenvalue weighted by Gasteiger charge is -2.57. The number of halogens is 3. The van der Waals surface area contributed by atoms with Crippen molar-refractivity contribution in [3.05, 3.63) is 53.7 Å². The van der Waals surface area contributed by atoms with E-state index >= 15 is 0 Å². The van der Waals surface area contributed by atoms with Gasteiger partial charge in [0.15, 0.2) is 0 Å². The number of pyridine rings is 1. The number of anilines is 2. The quantitative estimate of drug-likeness (QED) is 0.670. The van der Waals surface area contributed by atoms with Crippen molar-refractivity contribution in [3.8, 4) is 0 Å². The van der Waals surface area contributed by atoms with Gasteiger partial charge in [-0.3, -0.25) is 4.79 Å². The lowest BCUT2D eigenvalue weighted by Crippen LogP contribution is -2.54. The molecule has 2 N–H and O–H groups in total. The van der Waals surface area contributed by atoms with Crippen LogP contribution >= 0.6 is 0 Å². The fourth-order valence-electron chi connectivity index (χ4n) is 6.09. The fourth-order valence-corrected chi connectivity index (χ4v) is 6.09. The standard InChI is InChI=1S/C23H24F3N3O/c24-23(25,26)18-3-1-17(2-4-18)21(30)28-19-5-6-20(27-13-19)29-22-10-14-7-15(11-22)9-16(8-14)12-22/h1-6,13-16H,7-12H2,(H,27,29)(H,28,30). The van der Waals surface area contributed by atoms with E-state index in [4.69, 9.17) is 0 Å². The highest BCUT2D eigenvalue weighted by molar-refractivity contribution is 6.04. The number of amides is 1. The van der Waals surface area contributed by atoms with E-state index in [1.807, 2.05) is 6.07 Å². The van der Waals surface area contributed by atoms with Crippen LogP contribution in [0.1, 0.15) is 54.4 Å². The van der Waals surface area contributed by atoms with Crippen LogP contribution in [0, 0.1) is 17.8 Å². The van der Waals surface area contributed by atoms with Gasteiger partial charge in [-0.1, -0.05) is 0 Å². The summed E-state index contributed by atoms with van der Waals surface area (Å²) in [4.78, 5) is 16.8. The highest BCUT2D eigenvalue weighted by Gasteiger charge is 2.51. The molecule has 4 nitrogen and oxygen atoms in total. The van der Waals surface area contributed by atoms with Crippen LogP contribution in [0.25, 0.3) is 0 Å². The third kappa shape index (κ3) is 3.77. The van der Waals surface area contributed by atoms with Crippen LogP contribution in [-0.4, -0.2) is 16.4 Å². The molecule has 1 amide bonds. The monoisotopic (exact) mass is 415 g/mol. The highest BCUT2D eigenvalue weighted by atomic mass is 19.4. The van der Waals surface area contributed by atoms with E-state index in [0.29, 0.717) is 5.69 Å². The molecule has 1 aromatic carbocycles. The van der Waals surface area contributed by atoms with E-state index < -0.39 is 17.6 Å². The molecule has 4 aliphatic carbocycles. The minimum Gasteiger partial charge on any atom is -0.365 e. The Labute approximate surface area is 173 Å². The number of nitrogens with one attached hydrogen (secondary N) is 2. The van der Waals surface area contributed by atoms with Gasteiger partial charge >= 0.3 is 6.18 Å². The molecular weight excluding hydrogens is 391 g/mol. The molecule has 6 rings (SSSR count). The Kier molecular flexibility index (Phi) is 4.52. The van der Waals surface area contributed by atoms with Crippen LogP contribution < -0.4 is 10.6 Å². The molecule has 7 heteroatoms. The molecule has 4 fully saturated rings. The van der Waals surface area contributed by atoms with Crippen LogP contribution in [0.15, 0.2) is 42.6 Å². The van der Waals surface area contributed by atoms with Gasteiger partial charge in [-0.25, -0.2) is 4.98 Å². The van der Waals surface area contributed by atoms with Gasteiger partial charge in [0, 0.05) is 11.1 Å². The summed E-state index contributed by atoms with van der Waals surface area (Å²) in [6.45, 7) is 0. The number of hydrogen-bond donors (Lipinski definition) is 2. The van der Waals surface area contributed by atoms with Gasteiger partial charge in [0.1, 0.15) is 5.82 Å². The van der Waals surface area contributed by atoms with Crippen molar-refractivity contribution in [1.29, 1.82) is 0 Å². The lowest BCUT2D eigenvalue weighted by molar-refractivity contribution is -0.137. The predicted octanol–water partition coefficient (Wildman–Crippen LogP) is 5.73. The number of benzene rings is 1. The van der Waals surface area contributed by atoms with Crippen molar-refractivity contribution in [1.82, 2.24) is 4.98 Å². The Morgan fingerprint density at radius 1 is 0.933 bits per heavy atom. The van der Waals surface area contributed by atoms with Gasteiger partial charge in [-0.2, -0.15) is 13.2 Å². The number of carbonyl (C=O) groups excluding carboxylic acids is 1. The molecule has 0 spiro atoms. The molecular formula is C23H24F3N3O. The van der Waals surface area contributed by atoms with E-state index in [1.165, 1.54) is 50.7 Å². The second-order valence-corrected chi connectivity index (χ2v) is 9.28. The first-order chi connectivity index (χ1) is 14.3. The fraction of sp³-hybridized carbons (Fsp3) is 0.478. The minimum atomic E-state index is -4.42. The van der Waals surface area contributed by atoms with Gasteiger partial charge in [-0.05, 0) is 92.7 Å². The Morgan fingerprint density at radius 3 is 2.03 bits per heavy atom. The molecule has 0 saturated heterocycles. The zero-order chi connectivity index (χ0) is 20.9. The summed E-state index contributed by atoms with van der Waals surface area (Å²) >= 11 is 0. The first-order valence-electron chi connectivity index (χ1n) is 10.5. The summed E-state index contributed by atoms with van der Waals surface area (Å²) in [7, 11) is 0. The van der Waals surface area contributed by atoms with Crippen molar-refractivity contribution >= 4 is 17.4 Å². The zero-order valence-electron chi connectivity index (χ0n) is 16.5. The maximum Gasteiger partial charge on any atom is 0.416 e. The van der Waals surface area contributed by atoms with Crippen molar-refractivity contribution in [2.24, 2.45) is 17.8 Å². The van der Waals surface area contributed by atoms with E-state index in [9.17, 15) is 18.0 Å². The molecule has 4 bridgehead atoms. The van der Waals surface area contributed by atoms with E-state index in [1.54, 1.807) is 12.3 Å². The third-order valence-electron chi connectivity index (χ3n) is 6.93. The smallest absolute Gasteiger partial charge is 0.365 e. The van der Waals surface area contributed by atoms with Gasteiger partial charge in [0.2, 0.25) is 0 Å². The molecule has 0 atom stereocenters. The van der Waals surface area contributed by atoms with Crippen LogP contribution in [0.4, 0.5) is 24.7 Å². The van der Waals surface area contributed by atoms with Crippen LogP contribution in [0.2, 0.25) is 0 Å². The van der Waals surface area contributed by atoms with Crippen molar-refractivity contribution in [2.45, 2.75) is 50.2 Å². The van der Waals surface area contributed by atoms with Crippen LogP contribution in [0.5, 0.6) is 0 Å². The summed E-state index contributed by atoms with van der Waals surface area (Å²) in [5, 5.41) is 6.38. The third-order valence-corrected chi connectivity index (χ3v) is 6.93. The summed E-state index contributed by atoms with van der Waals surface area (Å²) in [5.41, 5.74) is 0.0581. The topological polar surface area (TPSA) is 54.0 Å². The SMILES string of the molecule is O=C(Nc1ccc(NC23CC4CC(CC(C4)C2)C3)nc1)c1ccc(C(F)(F)F)cc1. The average molecular weight is 415 g/mol. The molecule has 2 aromatic rings. The van der Waals surface area contributed by atoms with Crippen molar-refractivity contribution in [3.63, 3.8) is 0 Å². The lowest BCUT2D eigenvalue weighted by atomic mass is 9.53. The Morgan fingerprint density at radius 2 is 1.53 bits per heavy atom. The molecule has 0 aliphatic heterocycles. The average Bonchev–Trinajstić information content (AvgIpc) is 2.67. The van der Waals surface area contributed by atoms with Gasteiger partial charge in [0.05, 0.1) is 17.4 Å². The van der Waals surface area contributed by atoms with Crippen LogP contribution in [-0.2, 0) is 6.18 Å². The first kappa shape index (κ1) is 19.4. The minimum absolute atomic E-state index is 0.159. The molecule has 1 heterocycles. The van der Waals surface area contributed by atoms with Crippen molar-refractivity contribution in [2.75, 3.05) is 10.6 Å². The summed E-state index contributed by atoms with van der Waals surface area (Å²) in [6, 6.07) is 7.80. The molecule has 30 heavy (non-hydrogen) atoms. The predicted molar refractivity (Wildman–Crippen MR) is 108 cm³/mol. The van der Waals surface area contributed by atoms with Crippen molar-refractivity contribution < 1.29 is 18.0 Å². The summed E-state index contributed by atoms with van der Waals surface area (Å²) < 4.78 is 38.0. The van der Waals surface area contributed by atoms with E-state index in [-0.39, 0.29) is 11.1 Å². The molecule has 0 radical (unpaired) electrons. The van der Waals surface area contributed by atoms with E-state index in [0.717, 1.165) is 35.7 Å². The molecule has 4 saturated carbocycles. The number of hydrogen-bond acceptors (Lipinski definition) is 3. The van der Waals surface area contributed by atoms with Gasteiger partial charge in [0.25, 0.3) is 5.91 Å². The number of aromatic nitrogens is 1. The summed E-state index contributed by atoms with van der Waals surface area (Å²) in [5.74, 6) is 2.86. The number of carbonyl (C=O) groups is 1. The largest absolute Gasteiger partial charge is 0.416 e. The Hall–Kier alpha value is -2.57. The number of rotatable bonds is 4. The summed E-state index contributed by atoms with van der Waals surface area (Å²) in [6.07, 6.45) is 4.95. The zero-order valence-corrected chi connectivity index (χ0v) is 16.5. The van der Waals surface area contributed by atoms with Gasteiger partial charge in [-0.15, -0.1) is 0 Å². The maximum absolute atomic E-state index is 12.7. The molecule has 4 aliphatic rings. The second kappa shape index (κ2) is 7.00. The first-order valence-corrected chi connectivity index (χ1v) is 10.5. The number of nitrogens with zero attached hydrogens (tertiary/aromatic N) is 1. The van der Waals surface area contributed by atoms with Gasteiger partial charge < -0.3 is 10.6 Å².